The fraction of sp³-hybridized carbons (Fsp3) is 0.917. The van der Waals surface area contributed by atoms with Crippen molar-refractivity contribution in [3.8, 4) is 0 Å². The second-order valence-electron chi connectivity index (χ2n) is 12.1. The molecule has 0 unspecified atom stereocenters. The molecule has 0 aromatic rings. The fourth-order valence-electron chi connectivity index (χ4n) is 5.28. The van der Waals surface area contributed by atoms with E-state index in [9.17, 15) is 14.4 Å². The summed E-state index contributed by atoms with van der Waals surface area (Å²) in [6, 6.07) is 0. The summed E-state index contributed by atoms with van der Waals surface area (Å²) in [6.07, 6.45) is 29.6. The van der Waals surface area contributed by atoms with E-state index in [-0.39, 0.29) is 31.1 Å². The summed E-state index contributed by atoms with van der Waals surface area (Å²) in [6.45, 7) is 7.55. The molecule has 0 atom stereocenters. The minimum atomic E-state index is -0.188. The van der Waals surface area contributed by atoms with E-state index in [0.717, 1.165) is 32.1 Å². The van der Waals surface area contributed by atoms with Crippen molar-refractivity contribution in [2.24, 2.45) is 0 Å². The molecule has 6 heteroatoms. The maximum absolute atomic E-state index is 12.5. The van der Waals surface area contributed by atoms with E-state index in [2.05, 4.69) is 13.8 Å². The van der Waals surface area contributed by atoms with Gasteiger partial charge in [-0.1, -0.05) is 149 Å². The van der Waals surface area contributed by atoms with Crippen LogP contribution >= 0.6 is 0 Å². The molecule has 0 bridgehead atoms. The number of rotatable bonds is 32. The molecule has 0 saturated heterocycles. The zero-order chi connectivity index (χ0) is 30.9. The molecule has 0 heterocycles. The first-order chi connectivity index (χ1) is 20.5. The molecule has 0 spiro atoms. The lowest BCUT2D eigenvalue weighted by Crippen LogP contribution is -2.37. The molecular weight excluding hydrogens is 526 g/mol. The minimum Gasteiger partial charge on any atom is -0.464 e. The second-order valence-corrected chi connectivity index (χ2v) is 12.1. The summed E-state index contributed by atoms with van der Waals surface area (Å²) in [4.78, 5) is 38.4. The summed E-state index contributed by atoms with van der Waals surface area (Å²) < 4.78 is 10.8. The Morgan fingerprint density at radius 1 is 0.405 bits per heavy atom. The van der Waals surface area contributed by atoms with Crippen molar-refractivity contribution in [1.82, 2.24) is 4.90 Å². The molecule has 0 radical (unpaired) electrons. The molecule has 0 N–H and O–H groups in total. The molecule has 0 aromatic carbocycles. The van der Waals surface area contributed by atoms with Crippen molar-refractivity contribution >= 4 is 17.8 Å². The topological polar surface area (TPSA) is 72.9 Å². The molecule has 0 saturated carbocycles. The number of unbranched alkanes of at least 4 members (excludes halogenated alkanes) is 20. The molecule has 1 amide bonds. The highest BCUT2D eigenvalue weighted by molar-refractivity contribution is 5.76. The average molecular weight is 596 g/mol. The van der Waals surface area contributed by atoms with E-state index >= 15 is 0 Å². The molecule has 0 aliphatic rings. The fourth-order valence-corrected chi connectivity index (χ4v) is 5.28. The van der Waals surface area contributed by atoms with Crippen LogP contribution in [0.3, 0.4) is 0 Å². The Hall–Kier alpha value is -1.59. The first kappa shape index (κ1) is 40.4. The third-order valence-corrected chi connectivity index (χ3v) is 8.03. The van der Waals surface area contributed by atoms with Gasteiger partial charge in [0.15, 0.2) is 0 Å². The standard InChI is InChI=1S/C36H69NO5/c1-4-7-9-11-13-15-17-19-21-23-25-28-35(39)41-32-30-37(34(38)27-6-3)31-33-42-36(40)29-26-24-22-20-18-16-14-12-10-8-5-2/h4-33H2,1-3H3. The summed E-state index contributed by atoms with van der Waals surface area (Å²) >= 11 is 0. The zero-order valence-corrected chi connectivity index (χ0v) is 28.2. The van der Waals surface area contributed by atoms with E-state index in [1.165, 1.54) is 116 Å². The number of hydrogen-bond donors (Lipinski definition) is 0. The molecule has 0 aromatic heterocycles. The molecule has 0 aliphatic carbocycles. The lowest BCUT2D eigenvalue weighted by molar-refractivity contribution is -0.147. The summed E-state index contributed by atoms with van der Waals surface area (Å²) in [5, 5.41) is 0. The van der Waals surface area contributed by atoms with Crippen LogP contribution < -0.4 is 0 Å². The third kappa shape index (κ3) is 28.5. The predicted molar refractivity (Wildman–Crippen MR) is 176 cm³/mol. The van der Waals surface area contributed by atoms with Crippen molar-refractivity contribution in [1.29, 1.82) is 0 Å². The van der Waals surface area contributed by atoms with Gasteiger partial charge in [0.25, 0.3) is 0 Å². The van der Waals surface area contributed by atoms with Gasteiger partial charge < -0.3 is 14.4 Å². The number of nitrogens with zero attached hydrogens (tertiary/aromatic N) is 1. The number of amides is 1. The van der Waals surface area contributed by atoms with E-state index in [1.54, 1.807) is 4.90 Å². The summed E-state index contributed by atoms with van der Waals surface area (Å²) in [5.74, 6) is -0.361. The van der Waals surface area contributed by atoms with Gasteiger partial charge in [0.2, 0.25) is 5.91 Å². The summed E-state index contributed by atoms with van der Waals surface area (Å²) in [5.41, 5.74) is 0. The van der Waals surface area contributed by atoms with Gasteiger partial charge in [-0.2, -0.15) is 0 Å². The van der Waals surface area contributed by atoms with Crippen LogP contribution in [0.25, 0.3) is 0 Å². The maximum Gasteiger partial charge on any atom is 0.305 e. The van der Waals surface area contributed by atoms with Gasteiger partial charge in [-0.25, -0.2) is 0 Å². The van der Waals surface area contributed by atoms with Crippen LogP contribution in [-0.4, -0.2) is 49.0 Å². The van der Waals surface area contributed by atoms with Crippen LogP contribution in [-0.2, 0) is 23.9 Å². The monoisotopic (exact) mass is 596 g/mol. The van der Waals surface area contributed by atoms with Crippen LogP contribution in [0.2, 0.25) is 0 Å². The molecule has 0 aliphatic heterocycles. The average Bonchev–Trinajstić information content (AvgIpc) is 2.98. The quantitative estimate of drug-likeness (QED) is 0.0571. The van der Waals surface area contributed by atoms with Gasteiger partial charge in [0, 0.05) is 19.3 Å². The third-order valence-electron chi connectivity index (χ3n) is 8.03. The normalized spacial score (nSPS) is 11.0. The molecule has 6 nitrogen and oxygen atoms in total. The number of carbonyl (C=O) groups is 3. The smallest absolute Gasteiger partial charge is 0.305 e. The number of ether oxygens (including phenoxy) is 2. The van der Waals surface area contributed by atoms with Crippen molar-refractivity contribution in [2.75, 3.05) is 26.3 Å². The number of carbonyl (C=O) groups excluding carboxylic acids is 3. The lowest BCUT2D eigenvalue weighted by atomic mass is 10.1. The Morgan fingerprint density at radius 3 is 1.02 bits per heavy atom. The number of hydrogen-bond acceptors (Lipinski definition) is 5. The van der Waals surface area contributed by atoms with Crippen LogP contribution in [0.1, 0.15) is 188 Å². The van der Waals surface area contributed by atoms with E-state index in [0.29, 0.717) is 32.4 Å². The van der Waals surface area contributed by atoms with Crippen LogP contribution in [0.5, 0.6) is 0 Å². The minimum absolute atomic E-state index is 0.0142. The molecule has 0 fully saturated rings. The largest absolute Gasteiger partial charge is 0.464 e. The van der Waals surface area contributed by atoms with Crippen molar-refractivity contribution in [3.05, 3.63) is 0 Å². The van der Waals surface area contributed by atoms with E-state index in [4.69, 9.17) is 9.47 Å². The summed E-state index contributed by atoms with van der Waals surface area (Å²) in [7, 11) is 0. The Balaban J connectivity index is 3.86. The van der Waals surface area contributed by atoms with Gasteiger partial charge in [-0.3, -0.25) is 14.4 Å². The Kier molecular flexibility index (Phi) is 31.1. The first-order valence-electron chi connectivity index (χ1n) is 18.1. The molecule has 248 valence electrons. The second kappa shape index (κ2) is 32.3. The van der Waals surface area contributed by atoms with Crippen molar-refractivity contribution in [2.45, 2.75) is 188 Å². The van der Waals surface area contributed by atoms with Gasteiger partial charge >= 0.3 is 11.9 Å². The molecule has 0 rings (SSSR count). The Morgan fingerprint density at radius 2 is 0.714 bits per heavy atom. The van der Waals surface area contributed by atoms with Gasteiger partial charge in [-0.15, -0.1) is 0 Å². The highest BCUT2D eigenvalue weighted by atomic mass is 16.5. The van der Waals surface area contributed by atoms with Crippen molar-refractivity contribution < 1.29 is 23.9 Å². The van der Waals surface area contributed by atoms with E-state index in [1.807, 2.05) is 6.92 Å². The van der Waals surface area contributed by atoms with E-state index < -0.39 is 0 Å². The lowest BCUT2D eigenvalue weighted by Gasteiger charge is -2.22. The van der Waals surface area contributed by atoms with Crippen LogP contribution in [0.4, 0.5) is 0 Å². The van der Waals surface area contributed by atoms with Crippen LogP contribution in [0, 0.1) is 0 Å². The Labute approximate surface area is 260 Å². The molecule has 42 heavy (non-hydrogen) atoms. The Bertz CT molecular complexity index is 580. The SMILES string of the molecule is CCCCCCCCCCCCCC(=O)OCCN(CCOC(=O)CCCCCCCCCCCCC)C(=O)CCC. The van der Waals surface area contributed by atoms with Gasteiger partial charge in [0.1, 0.15) is 13.2 Å². The highest BCUT2D eigenvalue weighted by Gasteiger charge is 2.14. The number of esters is 2. The van der Waals surface area contributed by atoms with Gasteiger partial charge in [0.05, 0.1) is 13.1 Å². The zero-order valence-electron chi connectivity index (χ0n) is 28.2. The van der Waals surface area contributed by atoms with Crippen LogP contribution in [0.15, 0.2) is 0 Å². The van der Waals surface area contributed by atoms with Crippen molar-refractivity contribution in [3.63, 3.8) is 0 Å². The molecular formula is C36H69NO5. The first-order valence-corrected chi connectivity index (χ1v) is 18.1. The maximum atomic E-state index is 12.5. The van der Waals surface area contributed by atoms with Gasteiger partial charge in [-0.05, 0) is 19.3 Å². The predicted octanol–water partition coefficient (Wildman–Crippen LogP) is 10.1. The highest BCUT2D eigenvalue weighted by Crippen LogP contribution is 2.13.